The van der Waals surface area contributed by atoms with E-state index < -0.39 is 0 Å². The van der Waals surface area contributed by atoms with E-state index in [0.29, 0.717) is 11.6 Å². The van der Waals surface area contributed by atoms with E-state index in [1.54, 1.807) is 6.07 Å². The molecule has 0 amide bonds. The Morgan fingerprint density at radius 3 is 2.61 bits per heavy atom. The Labute approximate surface area is 176 Å². The Morgan fingerprint density at radius 2 is 1.84 bits per heavy atom. The maximum absolute atomic E-state index is 8.36. The number of aromatic amines is 2. The van der Waals surface area contributed by atoms with Gasteiger partial charge in [0.25, 0.3) is 6.47 Å². The van der Waals surface area contributed by atoms with E-state index in [0.717, 1.165) is 39.3 Å². The zero-order valence-electron chi connectivity index (χ0n) is 16.2. The fourth-order valence-electron chi connectivity index (χ4n) is 3.04. The maximum Gasteiger partial charge on any atom is 0.290 e. The van der Waals surface area contributed by atoms with Crippen LogP contribution in [0.1, 0.15) is 5.69 Å². The Balaban J connectivity index is 0.000000730. The van der Waals surface area contributed by atoms with E-state index in [1.807, 2.05) is 60.8 Å². The van der Waals surface area contributed by atoms with E-state index in [9.17, 15) is 0 Å². The molecular weight excluding hydrogens is 394 g/mol. The molecule has 0 atom stereocenters. The van der Waals surface area contributed by atoms with Gasteiger partial charge in [-0.1, -0.05) is 24.1 Å². The van der Waals surface area contributed by atoms with Gasteiger partial charge >= 0.3 is 0 Å². The first-order chi connectivity index (χ1) is 15.2. The van der Waals surface area contributed by atoms with Crippen LogP contribution in [0, 0.1) is 12.3 Å². The summed E-state index contributed by atoms with van der Waals surface area (Å²) in [5, 5.41) is 10.2. The summed E-state index contributed by atoms with van der Waals surface area (Å²) in [6.45, 7) is -0.250. The SMILES string of the molecule is C#Cc1ccc2[nH]cc(Nc3nc4ccc(Oc5ccccc5)cc4[nH]3)c2n1.O=CO. The van der Waals surface area contributed by atoms with Gasteiger partial charge in [0.05, 0.1) is 22.2 Å². The minimum atomic E-state index is -0.250. The number of pyridine rings is 1. The lowest BCUT2D eigenvalue weighted by molar-refractivity contribution is -0.122. The topological polar surface area (TPSA) is 116 Å². The number of ether oxygens (including phenoxy) is 1. The van der Waals surface area contributed by atoms with Crippen LogP contribution in [0.5, 0.6) is 11.5 Å². The number of carbonyl (C=O) groups is 1. The Hall–Kier alpha value is -4.77. The summed E-state index contributed by atoms with van der Waals surface area (Å²) < 4.78 is 5.88. The van der Waals surface area contributed by atoms with Crippen molar-refractivity contribution in [2.24, 2.45) is 0 Å². The van der Waals surface area contributed by atoms with Gasteiger partial charge in [-0.2, -0.15) is 0 Å². The third kappa shape index (κ3) is 4.31. The molecule has 0 unspecified atom stereocenters. The van der Waals surface area contributed by atoms with Crippen molar-refractivity contribution in [3.63, 3.8) is 0 Å². The molecule has 0 aliphatic rings. The number of nitrogens with one attached hydrogen (secondary N) is 3. The fourth-order valence-corrected chi connectivity index (χ4v) is 3.04. The largest absolute Gasteiger partial charge is 0.483 e. The summed E-state index contributed by atoms with van der Waals surface area (Å²) in [6.07, 6.45) is 7.30. The second kappa shape index (κ2) is 8.71. The number of aromatic nitrogens is 4. The number of hydrogen-bond donors (Lipinski definition) is 4. The normalized spacial score (nSPS) is 10.2. The van der Waals surface area contributed by atoms with Crippen LogP contribution in [-0.4, -0.2) is 31.5 Å². The molecule has 5 rings (SSSR count). The zero-order chi connectivity index (χ0) is 21.6. The molecule has 0 bridgehead atoms. The summed E-state index contributed by atoms with van der Waals surface area (Å²) in [4.78, 5) is 23.9. The zero-order valence-corrected chi connectivity index (χ0v) is 16.2. The molecule has 0 saturated heterocycles. The average Bonchev–Trinajstić information content (AvgIpc) is 3.38. The number of H-pyrrole nitrogens is 2. The predicted octanol–water partition coefficient (Wildman–Crippen LogP) is 4.66. The molecule has 2 aromatic carbocycles. The second-order valence-corrected chi connectivity index (χ2v) is 6.35. The molecule has 0 fully saturated rings. The van der Waals surface area contributed by atoms with Gasteiger partial charge in [-0.25, -0.2) is 9.97 Å². The van der Waals surface area contributed by atoms with Crippen molar-refractivity contribution >= 4 is 40.2 Å². The highest BCUT2D eigenvalue weighted by molar-refractivity contribution is 5.91. The number of nitrogens with zero attached hydrogens (tertiary/aromatic N) is 2. The van der Waals surface area contributed by atoms with Gasteiger partial charge in [0.15, 0.2) is 0 Å². The number of hydrogen-bond acceptors (Lipinski definition) is 5. The lowest BCUT2D eigenvalue weighted by atomic mass is 10.3. The molecule has 0 aliphatic carbocycles. The smallest absolute Gasteiger partial charge is 0.290 e. The molecule has 8 nitrogen and oxygen atoms in total. The van der Waals surface area contributed by atoms with Gasteiger partial charge in [-0.15, -0.1) is 6.42 Å². The summed E-state index contributed by atoms with van der Waals surface area (Å²) in [5.74, 6) is 4.69. The summed E-state index contributed by atoms with van der Waals surface area (Å²) in [5.41, 5.74) is 4.75. The molecule has 3 aromatic heterocycles. The average molecular weight is 411 g/mol. The molecule has 0 spiro atoms. The van der Waals surface area contributed by atoms with Gasteiger partial charge in [-0.05, 0) is 36.4 Å². The molecule has 0 saturated carbocycles. The number of fused-ring (bicyclic) bond motifs is 2. The second-order valence-electron chi connectivity index (χ2n) is 6.35. The third-order valence-electron chi connectivity index (χ3n) is 4.36. The molecule has 31 heavy (non-hydrogen) atoms. The van der Waals surface area contributed by atoms with Gasteiger partial charge in [0.2, 0.25) is 5.95 Å². The number of carboxylic acid groups (broad SMARTS) is 1. The van der Waals surface area contributed by atoms with E-state index in [-0.39, 0.29) is 6.47 Å². The number of para-hydroxylation sites is 1. The van der Waals surface area contributed by atoms with Gasteiger partial charge < -0.3 is 25.1 Å². The lowest BCUT2D eigenvalue weighted by Gasteiger charge is -2.04. The number of anilines is 2. The highest BCUT2D eigenvalue weighted by Gasteiger charge is 2.10. The number of terminal acetylenes is 1. The van der Waals surface area contributed by atoms with Crippen LogP contribution in [0.15, 0.2) is 66.9 Å². The molecule has 5 aromatic rings. The van der Waals surface area contributed by atoms with Crippen LogP contribution in [0.3, 0.4) is 0 Å². The maximum atomic E-state index is 8.36. The monoisotopic (exact) mass is 411 g/mol. The van der Waals surface area contributed by atoms with Crippen LogP contribution in [0.2, 0.25) is 0 Å². The van der Waals surface area contributed by atoms with Crippen molar-refractivity contribution in [3.05, 3.63) is 72.6 Å². The molecule has 0 radical (unpaired) electrons. The van der Waals surface area contributed by atoms with Crippen molar-refractivity contribution in [1.82, 2.24) is 19.9 Å². The van der Waals surface area contributed by atoms with Crippen molar-refractivity contribution in [2.45, 2.75) is 0 Å². The summed E-state index contributed by atoms with van der Waals surface area (Å²) >= 11 is 0. The molecule has 3 heterocycles. The molecule has 0 aliphatic heterocycles. The summed E-state index contributed by atoms with van der Waals surface area (Å²) in [7, 11) is 0. The first-order valence-electron chi connectivity index (χ1n) is 9.22. The van der Waals surface area contributed by atoms with E-state index in [1.165, 1.54) is 0 Å². The minimum absolute atomic E-state index is 0.250. The molecule has 4 N–H and O–H groups in total. The molecular formula is C23H17N5O3. The van der Waals surface area contributed by atoms with Gasteiger partial charge in [-0.3, -0.25) is 4.79 Å². The first kappa shape index (κ1) is 19.5. The van der Waals surface area contributed by atoms with Gasteiger partial charge in [0, 0.05) is 12.3 Å². The fraction of sp³-hybridized carbons (Fsp3) is 0. The number of imidazole rings is 1. The Morgan fingerprint density at radius 1 is 1.03 bits per heavy atom. The first-order valence-corrected chi connectivity index (χ1v) is 9.22. The highest BCUT2D eigenvalue weighted by atomic mass is 16.5. The van der Waals surface area contributed by atoms with Gasteiger partial charge in [0.1, 0.15) is 22.7 Å². The van der Waals surface area contributed by atoms with E-state index >= 15 is 0 Å². The quantitative estimate of drug-likeness (QED) is 0.253. The highest BCUT2D eigenvalue weighted by Crippen LogP contribution is 2.28. The standard InChI is InChI=1S/C22H15N5O.CH2O2/c1-2-14-8-10-18-21(24-14)20(13-23-18)27-22-25-17-11-9-16(12-19(17)26-22)28-15-6-4-3-5-7-15;2-1-3/h1,3-13,23H,(H2,25,26,27);1H,(H,2,3). The number of benzene rings is 2. The lowest BCUT2D eigenvalue weighted by Crippen LogP contribution is -1.92. The van der Waals surface area contributed by atoms with Crippen LogP contribution in [-0.2, 0) is 4.79 Å². The molecule has 152 valence electrons. The predicted molar refractivity (Wildman–Crippen MR) is 119 cm³/mol. The van der Waals surface area contributed by atoms with Crippen molar-refractivity contribution in [1.29, 1.82) is 0 Å². The Kier molecular flexibility index (Phi) is 5.49. The third-order valence-corrected chi connectivity index (χ3v) is 4.36. The van der Waals surface area contributed by atoms with Crippen molar-refractivity contribution in [3.8, 4) is 23.8 Å². The Bertz CT molecular complexity index is 1380. The summed E-state index contributed by atoms with van der Waals surface area (Å²) in [6, 6.07) is 19.1. The van der Waals surface area contributed by atoms with Crippen molar-refractivity contribution < 1.29 is 14.6 Å². The van der Waals surface area contributed by atoms with E-state index in [2.05, 4.69) is 31.2 Å². The van der Waals surface area contributed by atoms with Crippen LogP contribution < -0.4 is 10.1 Å². The van der Waals surface area contributed by atoms with Crippen LogP contribution in [0.25, 0.3) is 22.1 Å². The minimum Gasteiger partial charge on any atom is -0.483 e. The van der Waals surface area contributed by atoms with E-state index in [4.69, 9.17) is 21.1 Å². The number of rotatable bonds is 4. The molecule has 8 heteroatoms. The van der Waals surface area contributed by atoms with Crippen LogP contribution >= 0.6 is 0 Å². The van der Waals surface area contributed by atoms with Crippen LogP contribution in [0.4, 0.5) is 11.6 Å². The van der Waals surface area contributed by atoms with Crippen molar-refractivity contribution in [2.75, 3.05) is 5.32 Å².